The topological polar surface area (TPSA) is 49.8 Å². The van der Waals surface area contributed by atoms with Crippen LogP contribution in [0.5, 0.6) is 0 Å². The third kappa shape index (κ3) is 2.27. The fourth-order valence-electron chi connectivity index (χ4n) is 1.07. The lowest BCUT2D eigenvalue weighted by atomic mass is 10.1. The number of hydrogen-bond donors (Lipinski definition) is 1. The van der Waals surface area contributed by atoms with Crippen LogP contribution in [0, 0.1) is 17.1 Å². The molecule has 1 atom stereocenters. The van der Waals surface area contributed by atoms with Crippen LogP contribution in [0.4, 0.5) is 4.39 Å². The molecule has 68 valence electrons. The second-order valence-corrected chi connectivity index (χ2v) is 3.46. The van der Waals surface area contributed by atoms with Crippen LogP contribution in [0.1, 0.15) is 18.0 Å². The summed E-state index contributed by atoms with van der Waals surface area (Å²) in [5, 5.41) is 8.41. The van der Waals surface area contributed by atoms with Gasteiger partial charge < -0.3 is 5.73 Å². The fraction of sp³-hybridized carbons (Fsp3) is 0.222. The Kier molecular flexibility index (Phi) is 3.40. The molecule has 0 spiro atoms. The summed E-state index contributed by atoms with van der Waals surface area (Å²) in [4.78, 5) is 0. The molecule has 2 nitrogen and oxygen atoms in total. The normalized spacial score (nSPS) is 12.2. The van der Waals surface area contributed by atoms with Gasteiger partial charge in [-0.3, -0.25) is 0 Å². The molecule has 13 heavy (non-hydrogen) atoms. The first-order valence-electron chi connectivity index (χ1n) is 3.73. The van der Waals surface area contributed by atoms with Crippen LogP contribution in [-0.2, 0) is 0 Å². The molecule has 0 aliphatic rings. The zero-order valence-corrected chi connectivity index (χ0v) is 8.38. The molecule has 0 amide bonds. The Morgan fingerprint density at radius 2 is 2.31 bits per heavy atom. The van der Waals surface area contributed by atoms with Gasteiger partial charge in [0, 0.05) is 16.1 Å². The van der Waals surface area contributed by atoms with Gasteiger partial charge in [0.05, 0.1) is 12.5 Å². The molecule has 0 aliphatic carbocycles. The summed E-state index contributed by atoms with van der Waals surface area (Å²) in [6, 6.07) is 5.96. The van der Waals surface area contributed by atoms with E-state index >= 15 is 0 Å². The van der Waals surface area contributed by atoms with Crippen molar-refractivity contribution in [2.45, 2.75) is 12.5 Å². The van der Waals surface area contributed by atoms with Gasteiger partial charge in [0.1, 0.15) is 5.82 Å². The van der Waals surface area contributed by atoms with Crippen molar-refractivity contribution in [1.29, 1.82) is 5.26 Å². The Hall–Kier alpha value is -0.920. The van der Waals surface area contributed by atoms with Crippen LogP contribution in [0.3, 0.4) is 0 Å². The van der Waals surface area contributed by atoms with Crippen LogP contribution in [0.15, 0.2) is 22.7 Å². The Morgan fingerprint density at radius 3 is 2.85 bits per heavy atom. The van der Waals surface area contributed by atoms with E-state index in [2.05, 4.69) is 15.9 Å². The molecule has 1 rings (SSSR count). The summed E-state index contributed by atoms with van der Waals surface area (Å²) in [5.74, 6) is -0.378. The van der Waals surface area contributed by atoms with Gasteiger partial charge in [-0.15, -0.1) is 0 Å². The second-order valence-electron chi connectivity index (χ2n) is 2.60. The van der Waals surface area contributed by atoms with Crippen molar-refractivity contribution in [3.05, 3.63) is 34.1 Å². The quantitative estimate of drug-likeness (QED) is 0.867. The number of nitrogens with zero attached hydrogens (tertiary/aromatic N) is 1. The highest BCUT2D eigenvalue weighted by Crippen LogP contribution is 2.26. The van der Waals surface area contributed by atoms with Crippen molar-refractivity contribution in [2.75, 3.05) is 0 Å². The lowest BCUT2D eigenvalue weighted by Gasteiger charge is -2.10. The van der Waals surface area contributed by atoms with Crippen molar-refractivity contribution in [2.24, 2.45) is 5.73 Å². The van der Waals surface area contributed by atoms with Gasteiger partial charge in [0.25, 0.3) is 0 Å². The molecule has 0 fully saturated rings. The Morgan fingerprint density at radius 1 is 1.62 bits per heavy atom. The SMILES string of the molecule is N#CC[C@@H](N)c1c(F)cccc1Br. The van der Waals surface area contributed by atoms with Gasteiger partial charge in [0.15, 0.2) is 0 Å². The summed E-state index contributed by atoms with van der Waals surface area (Å²) < 4.78 is 13.8. The fourth-order valence-corrected chi connectivity index (χ4v) is 1.70. The van der Waals surface area contributed by atoms with Crippen molar-refractivity contribution >= 4 is 15.9 Å². The summed E-state index contributed by atoms with van der Waals surface area (Å²) in [5.41, 5.74) is 5.98. The molecule has 1 aromatic carbocycles. The van der Waals surface area contributed by atoms with Crippen molar-refractivity contribution in [3.8, 4) is 6.07 Å². The van der Waals surface area contributed by atoms with Gasteiger partial charge in [-0.1, -0.05) is 22.0 Å². The molecule has 0 bridgehead atoms. The van der Waals surface area contributed by atoms with E-state index in [9.17, 15) is 4.39 Å². The molecule has 0 heterocycles. The van der Waals surface area contributed by atoms with Gasteiger partial charge >= 0.3 is 0 Å². The van der Waals surface area contributed by atoms with Crippen LogP contribution in [0.2, 0.25) is 0 Å². The number of halogens is 2. The number of rotatable bonds is 2. The first kappa shape index (κ1) is 10.2. The highest BCUT2D eigenvalue weighted by atomic mass is 79.9. The molecule has 0 saturated heterocycles. The monoisotopic (exact) mass is 242 g/mol. The van der Waals surface area contributed by atoms with Crippen LogP contribution in [-0.4, -0.2) is 0 Å². The summed E-state index contributed by atoms with van der Waals surface area (Å²) >= 11 is 3.19. The predicted octanol–water partition coefficient (Wildman–Crippen LogP) is 2.50. The van der Waals surface area contributed by atoms with E-state index < -0.39 is 6.04 Å². The number of hydrogen-bond acceptors (Lipinski definition) is 2. The minimum Gasteiger partial charge on any atom is -0.323 e. The van der Waals surface area contributed by atoms with Gasteiger partial charge in [0.2, 0.25) is 0 Å². The van der Waals surface area contributed by atoms with Gasteiger partial charge in [-0.25, -0.2) is 4.39 Å². The van der Waals surface area contributed by atoms with Crippen LogP contribution in [0.25, 0.3) is 0 Å². The second kappa shape index (κ2) is 4.35. The zero-order chi connectivity index (χ0) is 9.84. The first-order chi connectivity index (χ1) is 6.16. The smallest absolute Gasteiger partial charge is 0.129 e. The molecule has 0 unspecified atom stereocenters. The molecule has 2 N–H and O–H groups in total. The molecule has 4 heteroatoms. The minimum absolute atomic E-state index is 0.111. The maximum absolute atomic E-state index is 13.2. The highest BCUT2D eigenvalue weighted by molar-refractivity contribution is 9.10. The van der Waals surface area contributed by atoms with Crippen molar-refractivity contribution < 1.29 is 4.39 Å². The van der Waals surface area contributed by atoms with Gasteiger partial charge in [-0.05, 0) is 12.1 Å². The third-order valence-electron chi connectivity index (χ3n) is 1.68. The maximum Gasteiger partial charge on any atom is 0.129 e. The molecular weight excluding hydrogens is 235 g/mol. The average Bonchev–Trinajstić information content (AvgIpc) is 2.04. The van der Waals surface area contributed by atoms with Crippen LogP contribution >= 0.6 is 15.9 Å². The van der Waals surface area contributed by atoms with Crippen molar-refractivity contribution in [1.82, 2.24) is 0 Å². The Bertz CT molecular complexity index is 326. The van der Waals surface area contributed by atoms with E-state index in [1.165, 1.54) is 6.07 Å². The van der Waals surface area contributed by atoms with E-state index in [-0.39, 0.29) is 12.2 Å². The largest absolute Gasteiger partial charge is 0.323 e. The standard InChI is InChI=1S/C9H8BrFN2/c10-6-2-1-3-7(11)9(6)8(13)4-5-12/h1-3,8H,4,13H2/t8-/m1/s1. The van der Waals surface area contributed by atoms with E-state index in [4.69, 9.17) is 11.0 Å². The first-order valence-corrected chi connectivity index (χ1v) is 4.52. The number of benzene rings is 1. The molecule has 0 aromatic heterocycles. The summed E-state index contributed by atoms with van der Waals surface area (Å²) in [7, 11) is 0. The molecule has 0 radical (unpaired) electrons. The molecular formula is C9H8BrFN2. The van der Waals surface area contributed by atoms with E-state index in [0.29, 0.717) is 10.0 Å². The van der Waals surface area contributed by atoms with Crippen molar-refractivity contribution in [3.63, 3.8) is 0 Å². The lowest BCUT2D eigenvalue weighted by molar-refractivity contribution is 0.582. The van der Waals surface area contributed by atoms with Gasteiger partial charge in [-0.2, -0.15) is 5.26 Å². The molecule has 1 aromatic rings. The lowest BCUT2D eigenvalue weighted by Crippen LogP contribution is -2.11. The Balaban J connectivity index is 3.06. The van der Waals surface area contributed by atoms with E-state index in [1.807, 2.05) is 6.07 Å². The summed E-state index contributed by atoms with van der Waals surface area (Å²) in [6.07, 6.45) is 0.111. The minimum atomic E-state index is -0.569. The predicted molar refractivity (Wildman–Crippen MR) is 51.3 cm³/mol. The van der Waals surface area contributed by atoms with E-state index in [1.54, 1.807) is 12.1 Å². The maximum atomic E-state index is 13.2. The molecule has 0 aliphatic heterocycles. The number of nitriles is 1. The summed E-state index contributed by atoms with van der Waals surface area (Å²) in [6.45, 7) is 0. The van der Waals surface area contributed by atoms with Crippen LogP contribution < -0.4 is 5.73 Å². The third-order valence-corrected chi connectivity index (χ3v) is 2.37. The Labute approximate surface area is 84.3 Å². The highest BCUT2D eigenvalue weighted by Gasteiger charge is 2.13. The average molecular weight is 243 g/mol. The zero-order valence-electron chi connectivity index (χ0n) is 6.80. The van der Waals surface area contributed by atoms with E-state index in [0.717, 1.165) is 0 Å². The molecule has 0 saturated carbocycles. The number of nitrogens with two attached hydrogens (primary N) is 1.